The van der Waals surface area contributed by atoms with E-state index in [1.165, 1.54) is 11.1 Å². The summed E-state index contributed by atoms with van der Waals surface area (Å²) in [6, 6.07) is 0. The van der Waals surface area contributed by atoms with Crippen LogP contribution in [0, 0.1) is 5.41 Å². The quantitative estimate of drug-likeness (QED) is 0.610. The number of hydrogen-bond donors (Lipinski definition) is 0. The minimum atomic E-state index is 0.170. The number of allylic oxidation sites excluding steroid dienone is 4. The molecule has 0 bridgehead atoms. The molecule has 0 fully saturated rings. The van der Waals surface area contributed by atoms with Gasteiger partial charge in [-0.25, -0.2) is 0 Å². The van der Waals surface area contributed by atoms with Crippen molar-refractivity contribution in [2.75, 3.05) is 0 Å². The molecule has 0 unspecified atom stereocenters. The first-order valence-corrected chi connectivity index (χ1v) is 5.39. The number of hydrogen-bond acceptors (Lipinski definition) is 1. The Balaban J connectivity index is 3.03. The second kappa shape index (κ2) is 4.12. The zero-order chi connectivity index (χ0) is 10.8. The van der Waals surface area contributed by atoms with Crippen molar-refractivity contribution < 1.29 is 4.79 Å². The summed E-state index contributed by atoms with van der Waals surface area (Å²) in [5, 5.41) is 0. The number of carbonyl (C=O) groups excluding carboxylic acids is 1. The summed E-state index contributed by atoms with van der Waals surface area (Å²) in [5.74, 6) is 0.239. The van der Waals surface area contributed by atoms with Gasteiger partial charge in [0, 0.05) is 6.42 Å². The van der Waals surface area contributed by atoms with Crippen molar-refractivity contribution in [2.24, 2.45) is 5.41 Å². The smallest absolute Gasteiger partial charge is 0.155 e. The standard InChI is InChI=1S/C13H20O/c1-5-11(14)9-12-10(2)7-6-8-13(12,3)4/h7,9H,5-6,8H2,1-4H3. The molecule has 0 spiro atoms. The van der Waals surface area contributed by atoms with Crippen LogP contribution in [0.15, 0.2) is 23.3 Å². The molecular formula is C13H20O. The summed E-state index contributed by atoms with van der Waals surface area (Å²) in [7, 11) is 0. The Morgan fingerprint density at radius 3 is 2.71 bits per heavy atom. The molecule has 0 radical (unpaired) electrons. The fraction of sp³-hybridized carbons (Fsp3) is 0.615. The van der Waals surface area contributed by atoms with Gasteiger partial charge in [0.05, 0.1) is 0 Å². The predicted molar refractivity (Wildman–Crippen MR) is 60.2 cm³/mol. The van der Waals surface area contributed by atoms with Crippen molar-refractivity contribution in [3.8, 4) is 0 Å². The maximum atomic E-state index is 11.4. The first-order valence-electron chi connectivity index (χ1n) is 5.39. The van der Waals surface area contributed by atoms with Crippen LogP contribution in [0.4, 0.5) is 0 Å². The van der Waals surface area contributed by atoms with Gasteiger partial charge < -0.3 is 0 Å². The molecule has 0 saturated heterocycles. The van der Waals surface area contributed by atoms with Gasteiger partial charge in [-0.2, -0.15) is 0 Å². The van der Waals surface area contributed by atoms with Crippen LogP contribution < -0.4 is 0 Å². The van der Waals surface area contributed by atoms with Gasteiger partial charge in [0.25, 0.3) is 0 Å². The van der Waals surface area contributed by atoms with Gasteiger partial charge in [-0.15, -0.1) is 0 Å². The van der Waals surface area contributed by atoms with Gasteiger partial charge in [-0.1, -0.05) is 32.4 Å². The van der Waals surface area contributed by atoms with Gasteiger partial charge in [0.2, 0.25) is 0 Å². The van der Waals surface area contributed by atoms with Crippen molar-refractivity contribution >= 4 is 5.78 Å². The highest BCUT2D eigenvalue weighted by Gasteiger charge is 2.27. The third-order valence-corrected chi connectivity index (χ3v) is 3.03. The van der Waals surface area contributed by atoms with E-state index in [9.17, 15) is 4.79 Å². The van der Waals surface area contributed by atoms with Crippen LogP contribution in [-0.4, -0.2) is 5.78 Å². The summed E-state index contributed by atoms with van der Waals surface area (Å²) >= 11 is 0. The van der Waals surface area contributed by atoms with Crippen LogP contribution in [0.2, 0.25) is 0 Å². The average molecular weight is 192 g/mol. The van der Waals surface area contributed by atoms with E-state index in [1.807, 2.05) is 13.0 Å². The molecule has 0 heterocycles. The lowest BCUT2D eigenvalue weighted by molar-refractivity contribution is -0.114. The molecule has 1 aliphatic rings. The molecule has 1 nitrogen and oxygen atoms in total. The second-order valence-corrected chi connectivity index (χ2v) is 4.69. The number of carbonyl (C=O) groups is 1. The van der Waals surface area contributed by atoms with E-state index in [0.717, 1.165) is 12.8 Å². The summed E-state index contributed by atoms with van der Waals surface area (Å²) in [6.45, 7) is 8.46. The van der Waals surface area contributed by atoms with Crippen LogP contribution in [0.3, 0.4) is 0 Å². The second-order valence-electron chi connectivity index (χ2n) is 4.69. The minimum absolute atomic E-state index is 0.170. The Kier molecular flexibility index (Phi) is 3.30. The monoisotopic (exact) mass is 192 g/mol. The molecule has 0 aromatic carbocycles. The molecule has 0 aromatic rings. The molecule has 1 aliphatic carbocycles. The van der Waals surface area contributed by atoms with Gasteiger partial charge in [-0.3, -0.25) is 4.79 Å². The third-order valence-electron chi connectivity index (χ3n) is 3.03. The fourth-order valence-electron chi connectivity index (χ4n) is 2.00. The molecule has 1 heteroatoms. The summed E-state index contributed by atoms with van der Waals surface area (Å²) in [4.78, 5) is 11.4. The maximum Gasteiger partial charge on any atom is 0.155 e. The molecule has 1 rings (SSSR count). The molecule has 0 saturated carbocycles. The van der Waals surface area contributed by atoms with E-state index in [1.54, 1.807) is 0 Å². The highest BCUT2D eigenvalue weighted by molar-refractivity contribution is 5.91. The van der Waals surface area contributed by atoms with Crippen molar-refractivity contribution in [3.05, 3.63) is 23.3 Å². The highest BCUT2D eigenvalue weighted by atomic mass is 16.1. The van der Waals surface area contributed by atoms with Gasteiger partial charge in [-0.05, 0) is 36.8 Å². The van der Waals surface area contributed by atoms with Crippen molar-refractivity contribution in [3.63, 3.8) is 0 Å². The molecule has 0 amide bonds. The van der Waals surface area contributed by atoms with Crippen LogP contribution in [0.5, 0.6) is 0 Å². The summed E-state index contributed by atoms with van der Waals surface area (Å²) in [6.07, 6.45) is 6.96. The van der Waals surface area contributed by atoms with E-state index >= 15 is 0 Å². The Morgan fingerprint density at radius 2 is 2.21 bits per heavy atom. The zero-order valence-corrected chi connectivity index (χ0v) is 9.68. The normalized spacial score (nSPS) is 23.4. The van der Waals surface area contributed by atoms with E-state index in [-0.39, 0.29) is 11.2 Å². The predicted octanol–water partition coefficient (Wildman–Crippen LogP) is 3.66. The first kappa shape index (κ1) is 11.2. The molecule has 0 aliphatic heterocycles. The van der Waals surface area contributed by atoms with E-state index in [0.29, 0.717) is 6.42 Å². The Morgan fingerprint density at radius 1 is 1.57 bits per heavy atom. The summed E-state index contributed by atoms with van der Waals surface area (Å²) in [5.41, 5.74) is 2.68. The molecule has 78 valence electrons. The van der Waals surface area contributed by atoms with Gasteiger partial charge in [0.1, 0.15) is 0 Å². The Labute approximate surface area is 86.9 Å². The largest absolute Gasteiger partial charge is 0.295 e. The first-order chi connectivity index (χ1) is 6.47. The molecule has 0 aromatic heterocycles. The summed E-state index contributed by atoms with van der Waals surface area (Å²) < 4.78 is 0. The molecular weight excluding hydrogens is 172 g/mol. The molecule has 14 heavy (non-hydrogen) atoms. The zero-order valence-electron chi connectivity index (χ0n) is 9.68. The van der Waals surface area contributed by atoms with Gasteiger partial charge >= 0.3 is 0 Å². The van der Waals surface area contributed by atoms with Crippen molar-refractivity contribution in [1.82, 2.24) is 0 Å². The highest BCUT2D eigenvalue weighted by Crippen LogP contribution is 2.40. The van der Waals surface area contributed by atoms with Gasteiger partial charge in [0.15, 0.2) is 5.78 Å². The lowest BCUT2D eigenvalue weighted by Crippen LogP contribution is -2.19. The van der Waals surface area contributed by atoms with Crippen LogP contribution in [-0.2, 0) is 4.79 Å². The topological polar surface area (TPSA) is 17.1 Å². The lowest BCUT2D eigenvalue weighted by atomic mass is 9.73. The van der Waals surface area contributed by atoms with Crippen molar-refractivity contribution in [1.29, 1.82) is 0 Å². The van der Waals surface area contributed by atoms with Crippen LogP contribution in [0.1, 0.15) is 47.0 Å². The number of ketones is 1. The Hall–Kier alpha value is -0.850. The molecule has 0 N–H and O–H groups in total. The Bertz CT molecular complexity index is 292. The lowest BCUT2D eigenvalue weighted by Gasteiger charge is -2.32. The van der Waals surface area contributed by atoms with Crippen molar-refractivity contribution in [2.45, 2.75) is 47.0 Å². The SMILES string of the molecule is CCC(=O)C=C1C(C)=CCCC1(C)C. The third kappa shape index (κ3) is 2.34. The number of rotatable bonds is 2. The fourth-order valence-corrected chi connectivity index (χ4v) is 2.00. The van der Waals surface area contributed by atoms with Crippen LogP contribution in [0.25, 0.3) is 0 Å². The van der Waals surface area contributed by atoms with E-state index in [4.69, 9.17) is 0 Å². The average Bonchev–Trinajstić information content (AvgIpc) is 2.11. The van der Waals surface area contributed by atoms with E-state index < -0.39 is 0 Å². The minimum Gasteiger partial charge on any atom is -0.295 e. The maximum absolute atomic E-state index is 11.4. The van der Waals surface area contributed by atoms with Crippen LogP contribution >= 0.6 is 0 Å². The van der Waals surface area contributed by atoms with E-state index in [2.05, 4.69) is 26.8 Å². The molecule has 0 atom stereocenters.